The van der Waals surface area contributed by atoms with E-state index in [9.17, 15) is 24.0 Å². The lowest BCUT2D eigenvalue weighted by Crippen LogP contribution is -2.11. The van der Waals surface area contributed by atoms with Gasteiger partial charge >= 0.3 is 0 Å². The summed E-state index contributed by atoms with van der Waals surface area (Å²) in [6.07, 6.45) is 1.90. The van der Waals surface area contributed by atoms with Gasteiger partial charge < -0.3 is 9.67 Å². The highest BCUT2D eigenvalue weighted by Gasteiger charge is 2.17. The summed E-state index contributed by atoms with van der Waals surface area (Å²) in [5.41, 5.74) is 0.544. The molecule has 0 saturated heterocycles. The summed E-state index contributed by atoms with van der Waals surface area (Å²) in [7, 11) is 0. The molecule has 1 atom stereocenters. The number of non-ortho nitro benzene ring substituents is 1. The lowest BCUT2D eigenvalue weighted by atomic mass is 10.1. The third kappa shape index (κ3) is 3.53. The standard InChI is InChI=1S/C17H13F2N3O3/c18-12-3-6-14(15(19)9-12)16(23)10-21-8-7-20-17(21)11-1-4-13(5-2-11)22(24)25/h1-9,16,23H,10H2. The number of imidazole rings is 1. The van der Waals surface area contributed by atoms with Gasteiger partial charge in [-0.1, -0.05) is 6.07 Å². The second-order valence-corrected chi connectivity index (χ2v) is 5.39. The number of aliphatic hydroxyl groups excluding tert-OH is 1. The summed E-state index contributed by atoms with van der Waals surface area (Å²) in [5.74, 6) is -1.08. The Morgan fingerprint density at radius 2 is 1.92 bits per heavy atom. The zero-order valence-electron chi connectivity index (χ0n) is 12.8. The molecular weight excluding hydrogens is 332 g/mol. The number of nitro groups is 1. The molecule has 6 nitrogen and oxygen atoms in total. The third-order valence-electron chi connectivity index (χ3n) is 3.74. The maximum absolute atomic E-state index is 13.8. The van der Waals surface area contributed by atoms with Gasteiger partial charge in [0.1, 0.15) is 17.5 Å². The molecule has 25 heavy (non-hydrogen) atoms. The first-order valence-corrected chi connectivity index (χ1v) is 7.34. The normalized spacial score (nSPS) is 12.1. The van der Waals surface area contributed by atoms with Gasteiger partial charge in [-0.3, -0.25) is 10.1 Å². The zero-order chi connectivity index (χ0) is 18.0. The molecule has 3 rings (SSSR count). The van der Waals surface area contributed by atoms with Gasteiger partial charge in [-0.05, 0) is 18.2 Å². The Bertz CT molecular complexity index is 910. The van der Waals surface area contributed by atoms with E-state index < -0.39 is 22.7 Å². The van der Waals surface area contributed by atoms with E-state index >= 15 is 0 Å². The van der Waals surface area contributed by atoms with E-state index in [1.54, 1.807) is 22.9 Å². The molecule has 1 unspecified atom stereocenters. The molecule has 1 N–H and O–H groups in total. The molecule has 8 heteroatoms. The van der Waals surface area contributed by atoms with Crippen LogP contribution in [0.5, 0.6) is 0 Å². The highest BCUT2D eigenvalue weighted by atomic mass is 19.1. The van der Waals surface area contributed by atoms with Gasteiger partial charge in [0.2, 0.25) is 0 Å². The predicted molar refractivity (Wildman–Crippen MR) is 85.6 cm³/mol. The molecule has 0 aliphatic rings. The van der Waals surface area contributed by atoms with Gasteiger partial charge in [0, 0.05) is 41.7 Å². The SMILES string of the molecule is O=[N+]([O-])c1ccc(-c2nccn2CC(O)c2ccc(F)cc2F)cc1. The Labute approximate surface area is 141 Å². The van der Waals surface area contributed by atoms with Crippen molar-refractivity contribution in [3.8, 4) is 11.4 Å². The molecule has 2 aromatic carbocycles. The van der Waals surface area contributed by atoms with Crippen LogP contribution in [0.25, 0.3) is 11.4 Å². The van der Waals surface area contributed by atoms with E-state index in [1.807, 2.05) is 0 Å². The lowest BCUT2D eigenvalue weighted by Gasteiger charge is -2.15. The molecule has 3 aromatic rings. The van der Waals surface area contributed by atoms with E-state index in [0.29, 0.717) is 17.5 Å². The first-order valence-electron chi connectivity index (χ1n) is 7.34. The topological polar surface area (TPSA) is 81.2 Å². The Hall–Kier alpha value is -3.13. The fourth-order valence-corrected chi connectivity index (χ4v) is 2.51. The van der Waals surface area contributed by atoms with Gasteiger partial charge in [0.25, 0.3) is 5.69 Å². The van der Waals surface area contributed by atoms with Crippen LogP contribution in [0.2, 0.25) is 0 Å². The quantitative estimate of drug-likeness (QED) is 0.567. The van der Waals surface area contributed by atoms with Crippen LogP contribution in [0.15, 0.2) is 54.9 Å². The zero-order valence-corrected chi connectivity index (χ0v) is 12.8. The number of benzene rings is 2. The summed E-state index contributed by atoms with van der Waals surface area (Å²) < 4.78 is 28.4. The molecule has 0 aliphatic carbocycles. The van der Waals surface area contributed by atoms with Crippen molar-refractivity contribution in [2.24, 2.45) is 0 Å². The predicted octanol–water partition coefficient (Wildman–Crippen LogP) is 3.47. The van der Waals surface area contributed by atoms with E-state index in [-0.39, 0.29) is 17.8 Å². The minimum absolute atomic E-state index is 0.00509. The Kier molecular flexibility index (Phi) is 4.53. The van der Waals surface area contributed by atoms with Crippen molar-refractivity contribution in [1.29, 1.82) is 0 Å². The molecular formula is C17H13F2N3O3. The van der Waals surface area contributed by atoms with Crippen molar-refractivity contribution < 1.29 is 18.8 Å². The molecule has 0 bridgehead atoms. The number of hydrogen-bond acceptors (Lipinski definition) is 4. The average molecular weight is 345 g/mol. The maximum atomic E-state index is 13.8. The monoisotopic (exact) mass is 345 g/mol. The maximum Gasteiger partial charge on any atom is 0.269 e. The Balaban J connectivity index is 1.85. The molecule has 128 valence electrons. The van der Waals surface area contributed by atoms with Crippen LogP contribution in [0.1, 0.15) is 11.7 Å². The molecule has 1 aromatic heterocycles. The van der Waals surface area contributed by atoms with Crippen LogP contribution in [-0.2, 0) is 6.54 Å². The van der Waals surface area contributed by atoms with Gasteiger partial charge in [0.15, 0.2) is 0 Å². The number of hydrogen-bond donors (Lipinski definition) is 1. The molecule has 0 spiro atoms. The van der Waals surface area contributed by atoms with E-state index in [4.69, 9.17) is 0 Å². The van der Waals surface area contributed by atoms with Gasteiger partial charge in [-0.15, -0.1) is 0 Å². The van der Waals surface area contributed by atoms with Crippen molar-refractivity contribution in [3.05, 3.63) is 82.2 Å². The Morgan fingerprint density at radius 1 is 1.20 bits per heavy atom. The van der Waals surface area contributed by atoms with E-state index in [1.165, 1.54) is 24.4 Å². The average Bonchev–Trinajstić information content (AvgIpc) is 3.02. The van der Waals surface area contributed by atoms with Crippen molar-refractivity contribution in [3.63, 3.8) is 0 Å². The molecule has 0 aliphatic heterocycles. The van der Waals surface area contributed by atoms with Gasteiger partial charge in [0.05, 0.1) is 17.6 Å². The fraction of sp³-hybridized carbons (Fsp3) is 0.118. The molecule has 0 radical (unpaired) electrons. The van der Waals surface area contributed by atoms with Crippen LogP contribution < -0.4 is 0 Å². The molecule has 1 heterocycles. The van der Waals surface area contributed by atoms with Crippen molar-refractivity contribution in [2.45, 2.75) is 12.6 Å². The second kappa shape index (κ2) is 6.78. The van der Waals surface area contributed by atoms with Crippen LogP contribution in [-0.4, -0.2) is 19.6 Å². The van der Waals surface area contributed by atoms with Crippen LogP contribution in [0.3, 0.4) is 0 Å². The number of nitro benzene ring substituents is 1. The van der Waals surface area contributed by atoms with Crippen LogP contribution in [0, 0.1) is 21.7 Å². The highest BCUT2D eigenvalue weighted by Crippen LogP contribution is 2.24. The fourth-order valence-electron chi connectivity index (χ4n) is 2.51. The summed E-state index contributed by atoms with van der Waals surface area (Å²) in [6, 6.07) is 8.77. The summed E-state index contributed by atoms with van der Waals surface area (Å²) in [4.78, 5) is 14.4. The van der Waals surface area contributed by atoms with Crippen molar-refractivity contribution in [1.82, 2.24) is 9.55 Å². The van der Waals surface area contributed by atoms with Gasteiger partial charge in [-0.25, -0.2) is 13.8 Å². The van der Waals surface area contributed by atoms with Crippen LogP contribution in [0.4, 0.5) is 14.5 Å². The number of halogens is 2. The number of aliphatic hydroxyl groups is 1. The summed E-state index contributed by atoms with van der Waals surface area (Å²) >= 11 is 0. The lowest BCUT2D eigenvalue weighted by molar-refractivity contribution is -0.384. The third-order valence-corrected chi connectivity index (χ3v) is 3.74. The smallest absolute Gasteiger partial charge is 0.269 e. The highest BCUT2D eigenvalue weighted by molar-refractivity contribution is 5.57. The number of rotatable bonds is 5. The molecule has 0 saturated carbocycles. The second-order valence-electron chi connectivity index (χ2n) is 5.39. The number of aromatic nitrogens is 2. The largest absolute Gasteiger partial charge is 0.386 e. The summed E-state index contributed by atoms with van der Waals surface area (Å²) in [5, 5.41) is 21.0. The molecule has 0 amide bonds. The van der Waals surface area contributed by atoms with Gasteiger partial charge in [-0.2, -0.15) is 0 Å². The van der Waals surface area contributed by atoms with Crippen molar-refractivity contribution in [2.75, 3.05) is 0 Å². The first-order chi connectivity index (χ1) is 12.0. The number of nitrogens with zero attached hydrogens (tertiary/aromatic N) is 3. The van der Waals surface area contributed by atoms with E-state index in [2.05, 4.69) is 4.98 Å². The summed E-state index contributed by atoms with van der Waals surface area (Å²) in [6.45, 7) is -0.00509. The van der Waals surface area contributed by atoms with Crippen molar-refractivity contribution >= 4 is 5.69 Å². The van der Waals surface area contributed by atoms with E-state index in [0.717, 1.165) is 6.07 Å². The first kappa shape index (κ1) is 16.7. The Morgan fingerprint density at radius 3 is 2.56 bits per heavy atom. The minimum Gasteiger partial charge on any atom is -0.386 e. The minimum atomic E-state index is -1.20. The van der Waals surface area contributed by atoms with Crippen LogP contribution >= 0.6 is 0 Å². The molecule has 0 fully saturated rings.